The lowest BCUT2D eigenvalue weighted by molar-refractivity contribution is 0.586. The third-order valence-corrected chi connectivity index (χ3v) is 7.09. The average Bonchev–Trinajstić information content (AvgIpc) is 3.16. The first kappa shape index (κ1) is 16.2. The first-order valence-electron chi connectivity index (χ1n) is 7.67. The van der Waals surface area contributed by atoms with Crippen LogP contribution in [0.3, 0.4) is 0 Å². The summed E-state index contributed by atoms with van der Waals surface area (Å²) in [6, 6.07) is 14.7. The van der Waals surface area contributed by atoms with E-state index in [-0.39, 0.29) is 12.5 Å². The Morgan fingerprint density at radius 3 is 1.91 bits per heavy atom. The van der Waals surface area contributed by atoms with Gasteiger partial charge in [-0.25, -0.2) is 8.42 Å². The number of sulfone groups is 1. The van der Waals surface area contributed by atoms with E-state index in [1.54, 1.807) is 24.3 Å². The summed E-state index contributed by atoms with van der Waals surface area (Å²) in [5.74, 6) is -0.264. The molecule has 0 heterocycles. The molecule has 4 N–H and O–H groups in total. The van der Waals surface area contributed by atoms with Crippen LogP contribution in [0.15, 0.2) is 53.4 Å². The van der Waals surface area contributed by atoms with Crippen LogP contribution >= 0.6 is 0 Å². The predicted octanol–water partition coefficient (Wildman–Crippen LogP) is 1.90. The molecule has 0 aliphatic heterocycles. The quantitative estimate of drug-likeness (QED) is 0.896. The van der Waals surface area contributed by atoms with E-state index in [4.69, 9.17) is 11.5 Å². The molecule has 0 saturated heterocycles. The normalized spacial score (nSPS) is 27.0. The van der Waals surface area contributed by atoms with Gasteiger partial charge in [-0.3, -0.25) is 0 Å². The molecule has 4 nitrogen and oxygen atoms in total. The molecule has 1 aliphatic rings. The van der Waals surface area contributed by atoms with Gasteiger partial charge in [-0.15, -0.1) is 0 Å². The Balaban J connectivity index is 2.01. The molecule has 122 valence electrons. The zero-order valence-corrected chi connectivity index (χ0v) is 14.2. The molecule has 23 heavy (non-hydrogen) atoms. The number of aryl methyl sites for hydroxylation is 2. The molecule has 0 aromatic heterocycles. The maximum absolute atomic E-state index is 13.0. The SMILES string of the molecule is Cc1ccc([C@@H]2[C@H](S(=O)(=O)c3ccc(C)cc3)[C@@]2(N)CN)cc1. The maximum Gasteiger partial charge on any atom is 0.183 e. The fourth-order valence-electron chi connectivity index (χ4n) is 3.27. The van der Waals surface area contributed by atoms with Gasteiger partial charge in [-0.2, -0.15) is 0 Å². The van der Waals surface area contributed by atoms with Gasteiger partial charge in [0, 0.05) is 12.5 Å². The van der Waals surface area contributed by atoms with Gasteiger partial charge in [0.15, 0.2) is 9.84 Å². The van der Waals surface area contributed by atoms with Crippen molar-refractivity contribution in [3.63, 3.8) is 0 Å². The predicted molar refractivity (Wildman–Crippen MR) is 92.0 cm³/mol. The molecule has 0 amide bonds. The largest absolute Gasteiger partial charge is 0.329 e. The second-order valence-corrected chi connectivity index (χ2v) is 8.55. The van der Waals surface area contributed by atoms with Gasteiger partial charge in [0.1, 0.15) is 0 Å². The van der Waals surface area contributed by atoms with Gasteiger partial charge in [-0.05, 0) is 31.5 Å². The monoisotopic (exact) mass is 330 g/mol. The van der Waals surface area contributed by atoms with Crippen LogP contribution < -0.4 is 11.5 Å². The smallest absolute Gasteiger partial charge is 0.183 e. The molecular weight excluding hydrogens is 308 g/mol. The number of hydrogen-bond donors (Lipinski definition) is 2. The fourth-order valence-corrected chi connectivity index (χ4v) is 5.59. The molecule has 0 radical (unpaired) electrons. The van der Waals surface area contributed by atoms with Crippen molar-refractivity contribution in [3.05, 3.63) is 65.2 Å². The van der Waals surface area contributed by atoms with E-state index < -0.39 is 20.6 Å². The molecule has 1 fully saturated rings. The molecule has 5 heteroatoms. The summed E-state index contributed by atoms with van der Waals surface area (Å²) in [7, 11) is -3.51. The lowest BCUT2D eigenvalue weighted by Gasteiger charge is -2.09. The van der Waals surface area contributed by atoms with Crippen LogP contribution in [0.4, 0.5) is 0 Å². The minimum Gasteiger partial charge on any atom is -0.329 e. The Bertz CT molecular complexity index is 813. The first-order chi connectivity index (χ1) is 10.8. The molecule has 1 aliphatic carbocycles. The minimum absolute atomic E-state index is 0.140. The van der Waals surface area contributed by atoms with Crippen LogP contribution in [0.1, 0.15) is 22.6 Å². The lowest BCUT2D eigenvalue weighted by atomic mass is 10.1. The van der Waals surface area contributed by atoms with E-state index in [0.717, 1.165) is 16.7 Å². The van der Waals surface area contributed by atoms with Crippen molar-refractivity contribution >= 4 is 9.84 Å². The van der Waals surface area contributed by atoms with Crippen LogP contribution in [0.2, 0.25) is 0 Å². The van der Waals surface area contributed by atoms with Gasteiger partial charge in [0.05, 0.1) is 15.7 Å². The Hall–Kier alpha value is -1.69. The van der Waals surface area contributed by atoms with Crippen LogP contribution in [-0.4, -0.2) is 25.8 Å². The molecule has 0 spiro atoms. The van der Waals surface area contributed by atoms with Crippen molar-refractivity contribution < 1.29 is 8.42 Å². The van der Waals surface area contributed by atoms with Gasteiger partial charge in [0.2, 0.25) is 0 Å². The third kappa shape index (κ3) is 2.59. The topological polar surface area (TPSA) is 86.2 Å². The summed E-state index contributed by atoms with van der Waals surface area (Å²) in [5, 5.41) is -0.676. The highest BCUT2D eigenvalue weighted by molar-refractivity contribution is 7.92. The van der Waals surface area contributed by atoms with E-state index in [2.05, 4.69) is 0 Å². The van der Waals surface area contributed by atoms with Crippen LogP contribution in [0.5, 0.6) is 0 Å². The molecule has 2 aromatic rings. The number of hydrogen-bond acceptors (Lipinski definition) is 4. The zero-order chi connectivity index (χ0) is 16.8. The molecule has 1 saturated carbocycles. The Morgan fingerprint density at radius 1 is 0.957 bits per heavy atom. The highest BCUT2D eigenvalue weighted by atomic mass is 32.2. The van der Waals surface area contributed by atoms with E-state index >= 15 is 0 Å². The van der Waals surface area contributed by atoms with Crippen molar-refractivity contribution in [1.29, 1.82) is 0 Å². The highest BCUT2D eigenvalue weighted by Crippen LogP contribution is 2.55. The summed E-state index contributed by atoms with van der Waals surface area (Å²) in [6.07, 6.45) is 0. The van der Waals surface area contributed by atoms with Crippen LogP contribution in [0, 0.1) is 13.8 Å². The number of benzene rings is 2. The fraction of sp³-hybridized carbons (Fsp3) is 0.333. The summed E-state index contributed by atoms with van der Waals surface area (Å²) in [5.41, 5.74) is 14.4. The standard InChI is InChI=1S/C18H22N2O2S/c1-12-3-7-14(8-4-12)16-17(18(16,20)11-19)23(21,22)15-9-5-13(2)6-10-15/h3-10,16-17H,11,19-20H2,1-2H3/t16-,17+,18-/m1/s1. The molecule has 2 aromatic carbocycles. The summed E-state index contributed by atoms with van der Waals surface area (Å²) in [4.78, 5) is 0.311. The van der Waals surface area contributed by atoms with Gasteiger partial charge in [-0.1, -0.05) is 47.5 Å². The Morgan fingerprint density at radius 2 is 1.43 bits per heavy atom. The Labute approximate surface area is 137 Å². The number of nitrogens with two attached hydrogens (primary N) is 2. The lowest BCUT2D eigenvalue weighted by Crippen LogP contribution is -2.39. The zero-order valence-electron chi connectivity index (χ0n) is 13.4. The van der Waals surface area contributed by atoms with E-state index in [0.29, 0.717) is 4.90 Å². The highest BCUT2D eigenvalue weighted by Gasteiger charge is 2.68. The summed E-state index contributed by atoms with van der Waals surface area (Å²) in [6.45, 7) is 4.06. The average molecular weight is 330 g/mol. The van der Waals surface area contributed by atoms with Gasteiger partial charge in [0.25, 0.3) is 0 Å². The summed E-state index contributed by atoms with van der Waals surface area (Å²) >= 11 is 0. The van der Waals surface area contributed by atoms with Gasteiger partial charge >= 0.3 is 0 Å². The first-order valence-corrected chi connectivity index (χ1v) is 9.21. The molecule has 0 bridgehead atoms. The third-order valence-electron chi connectivity index (χ3n) is 4.78. The second-order valence-electron chi connectivity index (χ2n) is 6.48. The molecule has 3 rings (SSSR count). The minimum atomic E-state index is -3.51. The molecule has 0 unspecified atom stereocenters. The van der Waals surface area contributed by atoms with Crippen molar-refractivity contribution in [3.8, 4) is 0 Å². The second kappa shape index (κ2) is 5.44. The molecular formula is C18H22N2O2S. The van der Waals surface area contributed by atoms with Gasteiger partial charge < -0.3 is 11.5 Å². The number of rotatable bonds is 4. The summed E-state index contributed by atoms with van der Waals surface area (Å²) < 4.78 is 26.0. The van der Waals surface area contributed by atoms with Crippen LogP contribution in [-0.2, 0) is 9.84 Å². The molecule has 3 atom stereocenters. The maximum atomic E-state index is 13.0. The van der Waals surface area contributed by atoms with Crippen LogP contribution in [0.25, 0.3) is 0 Å². The van der Waals surface area contributed by atoms with Crippen molar-refractivity contribution in [2.45, 2.75) is 35.4 Å². The van der Waals surface area contributed by atoms with Crippen molar-refractivity contribution in [1.82, 2.24) is 0 Å². The Kier molecular flexibility index (Phi) is 3.83. The van der Waals surface area contributed by atoms with E-state index in [9.17, 15) is 8.42 Å². The van der Waals surface area contributed by atoms with E-state index in [1.165, 1.54) is 0 Å². The van der Waals surface area contributed by atoms with E-state index in [1.807, 2.05) is 38.1 Å². The van der Waals surface area contributed by atoms with Crippen molar-refractivity contribution in [2.75, 3.05) is 6.54 Å². The van der Waals surface area contributed by atoms with Crippen molar-refractivity contribution in [2.24, 2.45) is 11.5 Å².